The third-order valence-corrected chi connectivity index (χ3v) is 3.13. The van der Waals surface area contributed by atoms with E-state index in [1.54, 1.807) is 11.3 Å². The van der Waals surface area contributed by atoms with Gasteiger partial charge in [-0.2, -0.15) is 0 Å². The van der Waals surface area contributed by atoms with Gasteiger partial charge in [-0.05, 0) is 22.9 Å². The lowest BCUT2D eigenvalue weighted by Crippen LogP contribution is -2.14. The van der Waals surface area contributed by atoms with Gasteiger partial charge in [0.2, 0.25) is 0 Å². The van der Waals surface area contributed by atoms with Crippen LogP contribution in [0.25, 0.3) is 10.2 Å². The smallest absolute Gasteiger partial charge is 0.127 e. The van der Waals surface area contributed by atoms with Crippen molar-refractivity contribution in [1.82, 2.24) is 4.98 Å². The third-order valence-electron chi connectivity index (χ3n) is 2.27. The van der Waals surface area contributed by atoms with Crippen molar-refractivity contribution < 1.29 is 0 Å². The summed E-state index contributed by atoms with van der Waals surface area (Å²) in [6, 6.07) is 4.16. The van der Waals surface area contributed by atoms with Crippen molar-refractivity contribution in [3.8, 4) is 0 Å². The normalized spacial score (nSPS) is 12.2. The van der Waals surface area contributed by atoms with E-state index in [1.165, 1.54) is 4.70 Å². The number of aromatic nitrogens is 1. The maximum Gasteiger partial charge on any atom is 0.127 e. The molecule has 0 unspecified atom stereocenters. The number of hydrogen-bond acceptors (Lipinski definition) is 3. The molecule has 0 aliphatic heterocycles. The molecule has 3 heteroatoms. The number of pyridine rings is 1. The minimum Gasteiger partial charge on any atom is -0.383 e. The first kappa shape index (κ1) is 9.46. The maximum absolute atomic E-state index is 5.93. The van der Waals surface area contributed by atoms with E-state index in [2.05, 4.69) is 31.8 Å². The fraction of sp³-hybridized carbons (Fsp3) is 0.364. The Hall–Kier alpha value is -1.09. The first-order valence-corrected chi connectivity index (χ1v) is 5.50. The highest BCUT2D eigenvalue weighted by Gasteiger charge is 2.18. The summed E-state index contributed by atoms with van der Waals surface area (Å²) in [5.74, 6) is 0.656. The molecule has 2 aromatic heterocycles. The highest BCUT2D eigenvalue weighted by Crippen LogP contribution is 2.31. The number of rotatable bonds is 0. The third kappa shape index (κ3) is 1.48. The Morgan fingerprint density at radius 2 is 2.07 bits per heavy atom. The molecule has 0 aliphatic carbocycles. The molecular formula is C11H14N2S. The Bertz CT molecular complexity index is 466. The van der Waals surface area contributed by atoms with Crippen LogP contribution in [0.3, 0.4) is 0 Å². The molecule has 0 atom stereocenters. The van der Waals surface area contributed by atoms with Crippen molar-refractivity contribution in [3.05, 3.63) is 23.1 Å². The largest absolute Gasteiger partial charge is 0.383 e. The van der Waals surface area contributed by atoms with E-state index in [-0.39, 0.29) is 5.41 Å². The molecule has 74 valence electrons. The second-order valence-electron chi connectivity index (χ2n) is 4.48. The van der Waals surface area contributed by atoms with Crippen molar-refractivity contribution in [2.24, 2.45) is 0 Å². The summed E-state index contributed by atoms with van der Waals surface area (Å²) in [7, 11) is 0. The Labute approximate surface area is 87.8 Å². The van der Waals surface area contributed by atoms with Gasteiger partial charge in [-0.15, -0.1) is 11.3 Å². The van der Waals surface area contributed by atoms with E-state index in [1.807, 2.05) is 11.4 Å². The van der Waals surface area contributed by atoms with Gasteiger partial charge in [-0.3, -0.25) is 0 Å². The molecule has 2 heterocycles. The molecule has 2 aromatic rings. The summed E-state index contributed by atoms with van der Waals surface area (Å²) < 4.78 is 1.21. The van der Waals surface area contributed by atoms with Gasteiger partial charge >= 0.3 is 0 Å². The summed E-state index contributed by atoms with van der Waals surface area (Å²) in [5, 5.41) is 2.05. The van der Waals surface area contributed by atoms with Crippen LogP contribution in [-0.2, 0) is 5.41 Å². The van der Waals surface area contributed by atoms with Crippen LogP contribution in [0.2, 0.25) is 0 Å². The molecule has 0 aromatic carbocycles. The van der Waals surface area contributed by atoms with Gasteiger partial charge in [0.05, 0.1) is 10.2 Å². The predicted octanol–water partition coefficient (Wildman–Crippen LogP) is 3.18. The van der Waals surface area contributed by atoms with Gasteiger partial charge in [0, 0.05) is 5.56 Å². The van der Waals surface area contributed by atoms with Gasteiger partial charge in [0.1, 0.15) is 5.82 Å². The number of nitrogen functional groups attached to an aromatic ring is 1. The first-order valence-electron chi connectivity index (χ1n) is 4.63. The van der Waals surface area contributed by atoms with Crippen LogP contribution in [-0.4, -0.2) is 4.98 Å². The number of thiophene rings is 1. The molecule has 14 heavy (non-hydrogen) atoms. The molecule has 2 N–H and O–H groups in total. The van der Waals surface area contributed by atoms with Gasteiger partial charge in [-0.25, -0.2) is 4.98 Å². The minimum atomic E-state index is 0.0647. The van der Waals surface area contributed by atoms with Crippen molar-refractivity contribution >= 4 is 27.4 Å². The number of fused-ring (bicyclic) bond motifs is 1. The minimum absolute atomic E-state index is 0.0647. The van der Waals surface area contributed by atoms with Crippen LogP contribution in [0.15, 0.2) is 17.5 Å². The molecule has 0 amide bonds. The molecule has 0 aliphatic rings. The Balaban J connectivity index is 2.71. The molecule has 0 fully saturated rings. The first-order chi connectivity index (χ1) is 6.48. The molecule has 0 radical (unpaired) electrons. The van der Waals surface area contributed by atoms with Crippen LogP contribution in [0.5, 0.6) is 0 Å². The van der Waals surface area contributed by atoms with E-state index < -0.39 is 0 Å². The SMILES string of the molecule is CC(C)(C)c1cc2sccc2nc1N. The summed E-state index contributed by atoms with van der Waals surface area (Å²) in [6.45, 7) is 6.46. The van der Waals surface area contributed by atoms with Crippen molar-refractivity contribution in [2.75, 3.05) is 5.73 Å². The van der Waals surface area contributed by atoms with Crippen LogP contribution < -0.4 is 5.73 Å². The summed E-state index contributed by atoms with van der Waals surface area (Å²) in [6.07, 6.45) is 0. The standard InChI is InChI=1S/C11H14N2S/c1-11(2,3)7-6-9-8(4-5-14-9)13-10(7)12/h4-6H,1-3H3,(H2,12,13). The fourth-order valence-electron chi connectivity index (χ4n) is 1.51. The van der Waals surface area contributed by atoms with Gasteiger partial charge in [0.15, 0.2) is 0 Å². The lowest BCUT2D eigenvalue weighted by molar-refractivity contribution is 0.591. The second kappa shape index (κ2) is 2.95. The van der Waals surface area contributed by atoms with E-state index in [0.717, 1.165) is 11.1 Å². The molecule has 0 saturated carbocycles. The van der Waals surface area contributed by atoms with Crippen LogP contribution in [0.1, 0.15) is 26.3 Å². The molecular weight excluding hydrogens is 192 g/mol. The maximum atomic E-state index is 5.93. The number of nitrogens with zero attached hydrogens (tertiary/aromatic N) is 1. The van der Waals surface area contributed by atoms with Gasteiger partial charge < -0.3 is 5.73 Å². The Morgan fingerprint density at radius 3 is 2.71 bits per heavy atom. The van der Waals surface area contributed by atoms with Gasteiger partial charge in [0.25, 0.3) is 0 Å². The summed E-state index contributed by atoms with van der Waals surface area (Å²) in [4.78, 5) is 4.39. The zero-order chi connectivity index (χ0) is 10.3. The van der Waals surface area contributed by atoms with Crippen molar-refractivity contribution in [2.45, 2.75) is 26.2 Å². The van der Waals surface area contributed by atoms with Crippen molar-refractivity contribution in [3.63, 3.8) is 0 Å². The van der Waals surface area contributed by atoms with E-state index >= 15 is 0 Å². The van der Waals surface area contributed by atoms with E-state index in [9.17, 15) is 0 Å². The lowest BCUT2D eigenvalue weighted by Gasteiger charge is -2.20. The van der Waals surface area contributed by atoms with Crippen molar-refractivity contribution in [1.29, 1.82) is 0 Å². The monoisotopic (exact) mass is 206 g/mol. The highest BCUT2D eigenvalue weighted by molar-refractivity contribution is 7.17. The molecule has 0 saturated heterocycles. The highest BCUT2D eigenvalue weighted by atomic mass is 32.1. The average Bonchev–Trinajstić information content (AvgIpc) is 2.47. The van der Waals surface area contributed by atoms with Crippen LogP contribution >= 0.6 is 11.3 Å². The molecule has 0 bridgehead atoms. The van der Waals surface area contributed by atoms with Crippen LogP contribution in [0.4, 0.5) is 5.82 Å². The number of hydrogen-bond donors (Lipinski definition) is 1. The van der Waals surface area contributed by atoms with Crippen LogP contribution in [0, 0.1) is 0 Å². The number of anilines is 1. The Kier molecular flexibility index (Phi) is 2.00. The molecule has 2 nitrogen and oxygen atoms in total. The zero-order valence-electron chi connectivity index (χ0n) is 8.66. The summed E-state index contributed by atoms with van der Waals surface area (Å²) in [5.41, 5.74) is 8.12. The topological polar surface area (TPSA) is 38.9 Å². The van der Waals surface area contributed by atoms with E-state index in [0.29, 0.717) is 5.82 Å². The zero-order valence-corrected chi connectivity index (χ0v) is 9.48. The Morgan fingerprint density at radius 1 is 1.36 bits per heavy atom. The molecule has 2 rings (SSSR count). The second-order valence-corrected chi connectivity index (χ2v) is 5.42. The predicted molar refractivity (Wildman–Crippen MR) is 62.7 cm³/mol. The summed E-state index contributed by atoms with van der Waals surface area (Å²) >= 11 is 1.71. The fourth-order valence-corrected chi connectivity index (χ4v) is 2.27. The quantitative estimate of drug-likeness (QED) is 0.719. The number of nitrogens with two attached hydrogens (primary N) is 1. The lowest BCUT2D eigenvalue weighted by atomic mass is 9.87. The van der Waals surface area contributed by atoms with E-state index in [4.69, 9.17) is 5.73 Å². The van der Waals surface area contributed by atoms with Gasteiger partial charge in [-0.1, -0.05) is 20.8 Å². The average molecular weight is 206 g/mol. The molecule has 0 spiro atoms.